The van der Waals surface area contributed by atoms with Gasteiger partial charge in [-0.25, -0.2) is 13.1 Å². The van der Waals surface area contributed by atoms with Crippen LogP contribution in [0.2, 0.25) is 0 Å². The van der Waals surface area contributed by atoms with Crippen molar-refractivity contribution < 1.29 is 31.1 Å². The molecular formula is C34H42F3N5O4S. The van der Waals surface area contributed by atoms with E-state index in [1.165, 1.54) is 43.9 Å². The zero-order chi connectivity index (χ0) is 33.2. The Morgan fingerprint density at radius 2 is 1.79 bits per heavy atom. The SMILES string of the molecule is CNS(=O)(=O)c1ccc(NCC#Cc2cc3c(N[C@H]4CC[C@H](N5CC6(CCOCC6)C5)CC4)cccc3n2CC(F)(F)F)c(OC)c1. The number of ether oxygens (including phenoxy) is 2. The van der Waals surface area contributed by atoms with Gasteiger partial charge in [0.1, 0.15) is 12.3 Å². The minimum atomic E-state index is -4.43. The van der Waals surface area contributed by atoms with E-state index in [0.29, 0.717) is 33.8 Å². The number of sulfonamides is 1. The van der Waals surface area contributed by atoms with E-state index in [9.17, 15) is 21.6 Å². The highest BCUT2D eigenvalue weighted by molar-refractivity contribution is 7.89. The highest BCUT2D eigenvalue weighted by Crippen LogP contribution is 2.43. The van der Waals surface area contributed by atoms with Crippen molar-refractivity contribution in [1.82, 2.24) is 14.2 Å². The molecule has 3 fully saturated rings. The molecule has 2 aliphatic heterocycles. The van der Waals surface area contributed by atoms with Gasteiger partial charge < -0.3 is 24.7 Å². The van der Waals surface area contributed by atoms with Gasteiger partial charge in [-0.05, 0) is 81.8 Å². The average molecular weight is 674 g/mol. The summed E-state index contributed by atoms with van der Waals surface area (Å²) >= 11 is 0. The van der Waals surface area contributed by atoms with E-state index in [1.54, 1.807) is 24.3 Å². The Kier molecular flexibility index (Phi) is 9.67. The fourth-order valence-corrected chi connectivity index (χ4v) is 7.98. The molecule has 2 saturated heterocycles. The summed E-state index contributed by atoms with van der Waals surface area (Å²) in [7, 11) is -0.914. The quantitative estimate of drug-likeness (QED) is 0.261. The van der Waals surface area contributed by atoms with Crippen molar-refractivity contribution in [3.8, 4) is 17.6 Å². The zero-order valence-corrected chi connectivity index (χ0v) is 27.6. The van der Waals surface area contributed by atoms with Crippen LogP contribution in [0.3, 0.4) is 0 Å². The van der Waals surface area contributed by atoms with Crippen LogP contribution in [0.15, 0.2) is 47.4 Å². The molecule has 0 bridgehead atoms. The van der Waals surface area contributed by atoms with Crippen LogP contribution in [0.1, 0.15) is 44.2 Å². The number of alkyl halides is 3. The first-order valence-electron chi connectivity index (χ1n) is 16.1. The molecular weight excluding hydrogens is 631 g/mol. The lowest BCUT2D eigenvalue weighted by Gasteiger charge is -2.56. The highest BCUT2D eigenvalue weighted by Gasteiger charge is 2.46. The number of nitrogens with one attached hydrogen (secondary N) is 3. The third-order valence-corrected chi connectivity index (χ3v) is 11.2. The largest absolute Gasteiger partial charge is 0.495 e. The Morgan fingerprint density at radius 3 is 2.47 bits per heavy atom. The summed E-state index contributed by atoms with van der Waals surface area (Å²) in [4.78, 5) is 2.68. The lowest BCUT2D eigenvalue weighted by atomic mass is 9.71. The predicted octanol–water partition coefficient (Wildman–Crippen LogP) is 5.42. The van der Waals surface area contributed by atoms with E-state index in [4.69, 9.17) is 9.47 Å². The first kappa shape index (κ1) is 33.5. The van der Waals surface area contributed by atoms with Crippen molar-refractivity contribution in [2.75, 3.05) is 57.6 Å². The second-order valence-electron chi connectivity index (χ2n) is 12.9. The normalized spacial score (nSPS) is 21.6. The summed E-state index contributed by atoms with van der Waals surface area (Å²) in [5.41, 5.74) is 2.52. The minimum Gasteiger partial charge on any atom is -0.495 e. The van der Waals surface area contributed by atoms with Crippen molar-refractivity contribution in [2.24, 2.45) is 5.41 Å². The third-order valence-electron chi connectivity index (χ3n) is 9.82. The standard InChI is InChI=1S/C34H42F3N5O4S/c1-38-47(43,44)27-12-13-30(32(20-27)45-2)39-16-4-5-26-19-28-29(6-3-7-31(28)42(26)23-34(35,36)37)40-24-8-10-25(11-9-24)41-21-33(22-41)14-17-46-18-15-33/h3,6-7,12-13,19-20,24-25,38-40H,8-11,14-18,21-23H2,1-2H3/t24-,25-. The number of likely N-dealkylation sites (tertiary alicyclic amines) is 1. The summed E-state index contributed by atoms with van der Waals surface area (Å²) in [5.74, 6) is 6.15. The van der Waals surface area contributed by atoms with Crippen LogP contribution in [0, 0.1) is 17.3 Å². The van der Waals surface area contributed by atoms with Crippen molar-refractivity contribution in [3.63, 3.8) is 0 Å². The van der Waals surface area contributed by atoms with Crippen LogP contribution in [0.5, 0.6) is 5.75 Å². The maximum Gasteiger partial charge on any atom is 0.406 e. The molecule has 9 nitrogen and oxygen atoms in total. The Hall–Kier alpha value is -3.44. The van der Waals surface area contributed by atoms with Gasteiger partial charge in [0.05, 0.1) is 35.4 Å². The first-order valence-corrected chi connectivity index (χ1v) is 17.6. The zero-order valence-electron chi connectivity index (χ0n) is 26.8. The number of rotatable bonds is 9. The van der Waals surface area contributed by atoms with Gasteiger partial charge in [0.15, 0.2) is 0 Å². The van der Waals surface area contributed by atoms with Crippen LogP contribution in [0.4, 0.5) is 24.5 Å². The molecule has 3 N–H and O–H groups in total. The van der Waals surface area contributed by atoms with Crippen molar-refractivity contribution in [1.29, 1.82) is 0 Å². The van der Waals surface area contributed by atoms with Crippen LogP contribution in [0.25, 0.3) is 10.9 Å². The molecule has 6 rings (SSSR count). The molecule has 1 saturated carbocycles. The van der Waals surface area contributed by atoms with E-state index in [0.717, 1.165) is 57.4 Å². The first-order chi connectivity index (χ1) is 22.5. The van der Waals surface area contributed by atoms with Crippen LogP contribution in [-0.4, -0.2) is 83.2 Å². The van der Waals surface area contributed by atoms with Gasteiger partial charge in [-0.15, -0.1) is 0 Å². The van der Waals surface area contributed by atoms with E-state index in [2.05, 4.69) is 32.1 Å². The predicted molar refractivity (Wildman–Crippen MR) is 176 cm³/mol. The number of hydrogen-bond donors (Lipinski definition) is 3. The fourth-order valence-electron chi connectivity index (χ4n) is 7.24. The van der Waals surface area contributed by atoms with Crippen LogP contribution in [-0.2, 0) is 21.3 Å². The number of halogens is 3. The molecule has 1 aromatic heterocycles. The molecule has 13 heteroatoms. The molecule has 3 heterocycles. The summed E-state index contributed by atoms with van der Waals surface area (Å²) in [6.07, 6.45) is 2.15. The average Bonchev–Trinajstić information content (AvgIpc) is 3.39. The van der Waals surface area contributed by atoms with E-state index in [1.807, 2.05) is 6.07 Å². The van der Waals surface area contributed by atoms with Gasteiger partial charge in [-0.2, -0.15) is 13.2 Å². The second kappa shape index (κ2) is 13.6. The molecule has 3 aromatic rings. The van der Waals surface area contributed by atoms with Gasteiger partial charge in [-0.1, -0.05) is 12.0 Å². The van der Waals surface area contributed by atoms with E-state index in [-0.39, 0.29) is 23.2 Å². The lowest BCUT2D eigenvalue weighted by molar-refractivity contribution is -0.140. The molecule has 47 heavy (non-hydrogen) atoms. The number of hydrogen-bond acceptors (Lipinski definition) is 7. The molecule has 0 unspecified atom stereocenters. The van der Waals surface area contributed by atoms with Crippen molar-refractivity contribution in [2.45, 2.75) is 68.2 Å². The van der Waals surface area contributed by atoms with Gasteiger partial charge in [0.2, 0.25) is 10.0 Å². The summed E-state index contributed by atoms with van der Waals surface area (Å²) in [5, 5.41) is 7.43. The third kappa shape index (κ3) is 7.51. The van der Waals surface area contributed by atoms with Crippen molar-refractivity contribution >= 4 is 32.3 Å². The molecule has 3 aliphatic rings. The maximum absolute atomic E-state index is 13.7. The van der Waals surface area contributed by atoms with Gasteiger partial charge in [0.25, 0.3) is 0 Å². The molecule has 1 spiro atoms. The number of nitrogens with zero attached hydrogens (tertiary/aromatic N) is 2. The highest BCUT2D eigenvalue weighted by atomic mass is 32.2. The smallest absolute Gasteiger partial charge is 0.406 e. The molecule has 254 valence electrons. The Labute approximate surface area is 274 Å². The number of fused-ring (bicyclic) bond motifs is 1. The monoisotopic (exact) mass is 673 g/mol. The lowest BCUT2D eigenvalue weighted by Crippen LogP contribution is -2.62. The molecule has 2 aromatic carbocycles. The van der Waals surface area contributed by atoms with Gasteiger partial charge >= 0.3 is 6.18 Å². The Bertz CT molecular complexity index is 1740. The number of anilines is 2. The number of methoxy groups -OCH3 is 1. The Balaban J connectivity index is 1.14. The maximum atomic E-state index is 13.7. The molecule has 0 radical (unpaired) electrons. The van der Waals surface area contributed by atoms with E-state index < -0.39 is 22.7 Å². The van der Waals surface area contributed by atoms with Crippen LogP contribution >= 0.6 is 0 Å². The summed E-state index contributed by atoms with van der Waals surface area (Å²) in [6, 6.07) is 12.4. The van der Waals surface area contributed by atoms with Gasteiger partial charge in [0, 0.05) is 60.9 Å². The van der Waals surface area contributed by atoms with Crippen LogP contribution < -0.4 is 20.1 Å². The van der Waals surface area contributed by atoms with Crippen molar-refractivity contribution in [3.05, 3.63) is 48.2 Å². The number of aromatic nitrogens is 1. The molecule has 0 atom stereocenters. The number of benzene rings is 2. The molecule has 1 aliphatic carbocycles. The van der Waals surface area contributed by atoms with Gasteiger partial charge in [-0.3, -0.25) is 4.90 Å². The van der Waals surface area contributed by atoms with E-state index >= 15 is 0 Å². The Morgan fingerprint density at radius 1 is 1.04 bits per heavy atom. The fraction of sp³-hybridized carbons (Fsp3) is 0.529. The summed E-state index contributed by atoms with van der Waals surface area (Å²) < 4.78 is 79.8. The second-order valence-corrected chi connectivity index (χ2v) is 14.7. The molecule has 0 amide bonds. The minimum absolute atomic E-state index is 0.0437. The summed E-state index contributed by atoms with van der Waals surface area (Å²) in [6.45, 7) is 3.05. The topological polar surface area (TPSA) is 96.9 Å².